The summed E-state index contributed by atoms with van der Waals surface area (Å²) in [4.78, 5) is 0. The average Bonchev–Trinajstić information content (AvgIpc) is 2.58. The predicted octanol–water partition coefficient (Wildman–Crippen LogP) is 2.73. The van der Waals surface area contributed by atoms with Crippen LogP contribution in [-0.4, -0.2) is 30.7 Å². The topological polar surface area (TPSA) is 77.4 Å². The Balaban J connectivity index is 1.90. The van der Waals surface area contributed by atoms with E-state index in [0.717, 1.165) is 11.1 Å². The molecule has 2 aliphatic heterocycles. The monoisotopic (exact) mass is 314 g/mol. The number of hydrogen-bond acceptors (Lipinski definition) is 6. The van der Waals surface area contributed by atoms with E-state index in [4.69, 9.17) is 18.9 Å². The Labute approximate surface area is 132 Å². The first-order valence-corrected chi connectivity index (χ1v) is 7.03. The maximum Gasteiger partial charge on any atom is 0.230 e. The number of phenols is 2. The number of hydrogen-bond donors (Lipinski definition) is 2. The van der Waals surface area contributed by atoms with E-state index >= 15 is 0 Å². The van der Waals surface area contributed by atoms with Crippen LogP contribution in [0.1, 0.15) is 11.1 Å². The van der Waals surface area contributed by atoms with Gasteiger partial charge in [0.1, 0.15) is 35.2 Å². The van der Waals surface area contributed by atoms with E-state index in [-0.39, 0.29) is 24.9 Å². The van der Waals surface area contributed by atoms with Gasteiger partial charge in [0, 0.05) is 17.7 Å². The molecule has 2 aliphatic rings. The fourth-order valence-electron chi connectivity index (χ4n) is 2.74. The van der Waals surface area contributed by atoms with Gasteiger partial charge in [0.05, 0.1) is 7.11 Å². The average molecular weight is 314 g/mol. The molecule has 2 aromatic rings. The Morgan fingerprint density at radius 2 is 1.74 bits per heavy atom. The minimum Gasteiger partial charge on any atom is -0.504 e. The van der Waals surface area contributed by atoms with Gasteiger partial charge in [-0.1, -0.05) is 6.07 Å². The van der Waals surface area contributed by atoms with E-state index < -0.39 is 0 Å². The highest BCUT2D eigenvalue weighted by Gasteiger charge is 2.30. The normalized spacial score (nSPS) is 15.2. The molecule has 4 rings (SSSR count). The molecule has 0 aliphatic carbocycles. The molecule has 0 radical (unpaired) electrons. The van der Waals surface area contributed by atoms with Crippen LogP contribution >= 0.6 is 0 Å². The SMILES string of the molecule is COc1cc2c3c(c1)OCC(c1ccc(O)c(O)c1)=C3OCO2. The highest BCUT2D eigenvalue weighted by atomic mass is 16.7. The van der Waals surface area contributed by atoms with E-state index in [1.54, 1.807) is 25.3 Å². The molecule has 118 valence electrons. The van der Waals surface area contributed by atoms with Crippen molar-refractivity contribution in [1.82, 2.24) is 0 Å². The van der Waals surface area contributed by atoms with Crippen molar-refractivity contribution in [2.24, 2.45) is 0 Å². The van der Waals surface area contributed by atoms with Crippen LogP contribution in [0.5, 0.6) is 28.7 Å². The van der Waals surface area contributed by atoms with Crippen LogP contribution in [0.3, 0.4) is 0 Å². The molecule has 0 saturated carbocycles. The van der Waals surface area contributed by atoms with E-state index in [1.807, 2.05) is 0 Å². The lowest BCUT2D eigenvalue weighted by atomic mass is 9.97. The molecule has 2 aromatic carbocycles. The van der Waals surface area contributed by atoms with Gasteiger partial charge in [-0.3, -0.25) is 0 Å². The number of aromatic hydroxyl groups is 2. The summed E-state index contributed by atoms with van der Waals surface area (Å²) >= 11 is 0. The molecule has 0 spiro atoms. The van der Waals surface area contributed by atoms with Crippen molar-refractivity contribution in [2.75, 3.05) is 20.5 Å². The minimum absolute atomic E-state index is 0.0858. The molecule has 0 aromatic heterocycles. The molecule has 0 saturated heterocycles. The van der Waals surface area contributed by atoms with Gasteiger partial charge in [0.2, 0.25) is 6.79 Å². The molecule has 0 amide bonds. The summed E-state index contributed by atoms with van der Waals surface area (Å²) in [6.07, 6.45) is 0. The van der Waals surface area contributed by atoms with Crippen LogP contribution in [0.25, 0.3) is 11.3 Å². The van der Waals surface area contributed by atoms with Crippen LogP contribution in [-0.2, 0) is 4.74 Å². The van der Waals surface area contributed by atoms with Gasteiger partial charge in [0.25, 0.3) is 0 Å². The van der Waals surface area contributed by atoms with Gasteiger partial charge in [-0.2, -0.15) is 0 Å². The van der Waals surface area contributed by atoms with Crippen molar-refractivity contribution in [1.29, 1.82) is 0 Å². The third-order valence-electron chi connectivity index (χ3n) is 3.89. The standard InChI is InChI=1S/C17H14O6/c1-20-10-5-14-16-15(6-10)22-8-23-17(16)11(7-21-14)9-2-3-12(18)13(19)4-9/h2-6,18-19H,7-8H2,1H3. The summed E-state index contributed by atoms with van der Waals surface area (Å²) in [5.41, 5.74) is 2.22. The van der Waals surface area contributed by atoms with Crippen molar-refractivity contribution in [2.45, 2.75) is 0 Å². The zero-order valence-corrected chi connectivity index (χ0v) is 12.3. The maximum atomic E-state index is 9.73. The Kier molecular flexibility index (Phi) is 2.97. The van der Waals surface area contributed by atoms with Crippen molar-refractivity contribution in [3.8, 4) is 28.7 Å². The van der Waals surface area contributed by atoms with Gasteiger partial charge >= 0.3 is 0 Å². The highest BCUT2D eigenvalue weighted by molar-refractivity contribution is 5.94. The van der Waals surface area contributed by atoms with E-state index in [2.05, 4.69) is 0 Å². The van der Waals surface area contributed by atoms with E-state index in [9.17, 15) is 10.2 Å². The lowest BCUT2D eigenvalue weighted by Gasteiger charge is -2.30. The molecule has 0 fully saturated rings. The Morgan fingerprint density at radius 3 is 2.48 bits per heavy atom. The van der Waals surface area contributed by atoms with Crippen LogP contribution in [0.15, 0.2) is 30.3 Å². The van der Waals surface area contributed by atoms with Crippen LogP contribution in [0, 0.1) is 0 Å². The first-order valence-electron chi connectivity index (χ1n) is 7.03. The number of benzene rings is 2. The quantitative estimate of drug-likeness (QED) is 0.830. The molecule has 0 bridgehead atoms. The first kappa shape index (κ1) is 13.6. The fraction of sp³-hybridized carbons (Fsp3) is 0.176. The number of methoxy groups -OCH3 is 1. The molecular formula is C17H14O6. The van der Waals surface area contributed by atoms with Crippen LogP contribution in [0.4, 0.5) is 0 Å². The zero-order valence-electron chi connectivity index (χ0n) is 12.3. The lowest BCUT2D eigenvalue weighted by Crippen LogP contribution is -2.19. The second-order valence-corrected chi connectivity index (χ2v) is 5.21. The highest BCUT2D eigenvalue weighted by Crippen LogP contribution is 2.47. The molecule has 23 heavy (non-hydrogen) atoms. The van der Waals surface area contributed by atoms with Crippen molar-refractivity contribution in [3.63, 3.8) is 0 Å². The molecule has 2 heterocycles. The third kappa shape index (κ3) is 2.11. The third-order valence-corrected chi connectivity index (χ3v) is 3.89. The molecular weight excluding hydrogens is 300 g/mol. The van der Waals surface area contributed by atoms with Gasteiger partial charge < -0.3 is 29.2 Å². The first-order chi connectivity index (χ1) is 11.2. The number of rotatable bonds is 2. The lowest BCUT2D eigenvalue weighted by molar-refractivity contribution is 0.0775. The van der Waals surface area contributed by atoms with Crippen molar-refractivity contribution < 1.29 is 29.2 Å². The summed E-state index contributed by atoms with van der Waals surface area (Å²) in [6, 6.07) is 8.17. The Hall–Kier alpha value is -3.02. The Morgan fingerprint density at radius 1 is 0.957 bits per heavy atom. The van der Waals surface area contributed by atoms with Gasteiger partial charge in [-0.05, 0) is 17.7 Å². The van der Waals surface area contributed by atoms with Gasteiger partial charge in [-0.25, -0.2) is 0 Å². The molecule has 6 heteroatoms. The zero-order chi connectivity index (χ0) is 16.0. The number of ether oxygens (including phenoxy) is 4. The Bertz CT molecular complexity index is 824. The van der Waals surface area contributed by atoms with Gasteiger partial charge in [0.15, 0.2) is 11.5 Å². The van der Waals surface area contributed by atoms with E-state index in [1.165, 1.54) is 12.1 Å². The predicted molar refractivity (Wildman–Crippen MR) is 81.7 cm³/mol. The summed E-state index contributed by atoms with van der Waals surface area (Å²) in [6.45, 7) is 0.363. The summed E-state index contributed by atoms with van der Waals surface area (Å²) in [5.74, 6) is 2.19. The fourth-order valence-corrected chi connectivity index (χ4v) is 2.74. The largest absolute Gasteiger partial charge is 0.504 e. The summed E-state index contributed by atoms with van der Waals surface area (Å²) in [5, 5.41) is 19.2. The van der Waals surface area contributed by atoms with E-state index in [0.29, 0.717) is 28.6 Å². The molecule has 0 atom stereocenters. The smallest absolute Gasteiger partial charge is 0.230 e. The maximum absolute atomic E-state index is 9.73. The summed E-state index contributed by atoms with van der Waals surface area (Å²) < 4.78 is 22.3. The minimum atomic E-state index is -0.191. The number of phenolic OH excluding ortho intramolecular Hbond substituents is 2. The van der Waals surface area contributed by atoms with Crippen molar-refractivity contribution in [3.05, 3.63) is 41.5 Å². The van der Waals surface area contributed by atoms with Gasteiger partial charge in [-0.15, -0.1) is 0 Å². The molecule has 2 N–H and O–H groups in total. The van der Waals surface area contributed by atoms with Crippen LogP contribution < -0.4 is 14.2 Å². The molecule has 0 unspecified atom stereocenters. The summed E-state index contributed by atoms with van der Waals surface area (Å²) in [7, 11) is 1.58. The second-order valence-electron chi connectivity index (χ2n) is 5.21. The van der Waals surface area contributed by atoms with Crippen molar-refractivity contribution >= 4 is 11.3 Å². The van der Waals surface area contributed by atoms with Crippen LogP contribution in [0.2, 0.25) is 0 Å². The molecule has 6 nitrogen and oxygen atoms in total. The second kappa shape index (κ2) is 5.01.